The van der Waals surface area contributed by atoms with Crippen LogP contribution in [0, 0.1) is 0 Å². The van der Waals surface area contributed by atoms with Crippen molar-refractivity contribution in [2.45, 2.75) is 51.2 Å². The minimum absolute atomic E-state index is 0. The molecule has 0 radical (unpaired) electrons. The molecule has 1 saturated carbocycles. The fraction of sp³-hybridized carbons (Fsp3) is 0.632. The Bertz CT molecular complexity index is 503. The van der Waals surface area contributed by atoms with Gasteiger partial charge in [-0.15, -0.1) is 24.0 Å². The van der Waals surface area contributed by atoms with Gasteiger partial charge in [0.15, 0.2) is 5.96 Å². The number of guanidine groups is 1. The van der Waals surface area contributed by atoms with Crippen molar-refractivity contribution in [2.24, 2.45) is 4.99 Å². The molecule has 0 atom stereocenters. The van der Waals surface area contributed by atoms with E-state index in [2.05, 4.69) is 21.7 Å². The number of nitrogens with one attached hydrogen (secondary N) is 2. The van der Waals surface area contributed by atoms with Crippen LogP contribution in [0.25, 0.3) is 0 Å². The molecule has 0 aromatic heterocycles. The molecule has 5 nitrogen and oxygen atoms in total. The second-order valence-corrected chi connectivity index (χ2v) is 6.19. The van der Waals surface area contributed by atoms with Gasteiger partial charge in [-0.05, 0) is 30.5 Å². The molecule has 1 aliphatic carbocycles. The van der Waals surface area contributed by atoms with Crippen molar-refractivity contribution >= 4 is 29.9 Å². The van der Waals surface area contributed by atoms with Crippen LogP contribution < -0.4 is 15.4 Å². The largest absolute Gasteiger partial charge is 0.497 e. The maximum Gasteiger partial charge on any atom is 0.191 e. The number of methoxy groups -OCH3 is 1. The van der Waals surface area contributed by atoms with E-state index in [-0.39, 0.29) is 24.0 Å². The summed E-state index contributed by atoms with van der Waals surface area (Å²) < 4.78 is 11.2. The minimum atomic E-state index is 0. The van der Waals surface area contributed by atoms with E-state index in [4.69, 9.17) is 9.47 Å². The Hall–Kier alpha value is -1.02. The highest BCUT2D eigenvalue weighted by atomic mass is 127. The van der Waals surface area contributed by atoms with Gasteiger partial charge in [-0.25, -0.2) is 0 Å². The Kier molecular flexibility index (Phi) is 11.6. The Morgan fingerprint density at radius 3 is 2.60 bits per heavy atom. The molecule has 2 rings (SSSR count). The van der Waals surface area contributed by atoms with Crippen LogP contribution in [0.2, 0.25) is 0 Å². The standard InChI is InChI=1S/C19H31N3O2.HI/c1-20-19(22-15-16-8-7-11-18(14-16)23-2)21-12-13-24-17-9-5-3-4-6-10-17;/h7-8,11,14,17H,3-6,9-10,12-13,15H2,1-2H3,(H2,20,21,22);1H. The summed E-state index contributed by atoms with van der Waals surface area (Å²) in [5, 5.41) is 6.62. The average Bonchev–Trinajstić information content (AvgIpc) is 2.90. The second-order valence-electron chi connectivity index (χ2n) is 6.19. The lowest BCUT2D eigenvalue weighted by Crippen LogP contribution is -2.38. The first-order chi connectivity index (χ1) is 11.8. The van der Waals surface area contributed by atoms with Gasteiger partial charge in [-0.1, -0.05) is 37.8 Å². The molecule has 0 bridgehead atoms. The molecule has 1 aliphatic rings. The summed E-state index contributed by atoms with van der Waals surface area (Å²) >= 11 is 0. The summed E-state index contributed by atoms with van der Waals surface area (Å²) in [4.78, 5) is 4.25. The van der Waals surface area contributed by atoms with E-state index < -0.39 is 0 Å². The predicted octanol–water partition coefficient (Wildman–Crippen LogP) is 3.72. The molecule has 1 aromatic carbocycles. The molecule has 1 fully saturated rings. The minimum Gasteiger partial charge on any atom is -0.497 e. The van der Waals surface area contributed by atoms with Crippen molar-refractivity contribution in [1.29, 1.82) is 0 Å². The maximum absolute atomic E-state index is 5.99. The van der Waals surface area contributed by atoms with Crippen molar-refractivity contribution in [3.63, 3.8) is 0 Å². The van der Waals surface area contributed by atoms with Crippen LogP contribution in [0.1, 0.15) is 44.1 Å². The average molecular weight is 461 g/mol. The molecule has 0 heterocycles. The Morgan fingerprint density at radius 2 is 1.92 bits per heavy atom. The summed E-state index contributed by atoms with van der Waals surface area (Å²) in [6.07, 6.45) is 8.20. The van der Waals surface area contributed by atoms with Crippen LogP contribution in [0.4, 0.5) is 0 Å². The Balaban J connectivity index is 0.00000312. The number of ether oxygens (including phenoxy) is 2. The maximum atomic E-state index is 5.99. The number of nitrogens with zero attached hydrogens (tertiary/aromatic N) is 1. The van der Waals surface area contributed by atoms with Crippen LogP contribution in [-0.2, 0) is 11.3 Å². The highest BCUT2D eigenvalue weighted by Gasteiger charge is 2.12. The number of benzene rings is 1. The smallest absolute Gasteiger partial charge is 0.191 e. The first-order valence-electron chi connectivity index (χ1n) is 9.01. The summed E-state index contributed by atoms with van der Waals surface area (Å²) in [7, 11) is 3.47. The van der Waals surface area contributed by atoms with Gasteiger partial charge in [0.25, 0.3) is 0 Å². The molecular weight excluding hydrogens is 429 g/mol. The molecule has 0 saturated heterocycles. The second kappa shape index (κ2) is 13.2. The number of hydrogen-bond acceptors (Lipinski definition) is 3. The molecule has 0 amide bonds. The van der Waals surface area contributed by atoms with Crippen molar-refractivity contribution in [2.75, 3.05) is 27.3 Å². The van der Waals surface area contributed by atoms with Crippen LogP contribution >= 0.6 is 24.0 Å². The van der Waals surface area contributed by atoms with Crippen molar-refractivity contribution in [3.05, 3.63) is 29.8 Å². The van der Waals surface area contributed by atoms with Crippen LogP contribution in [0.3, 0.4) is 0 Å². The lowest BCUT2D eigenvalue weighted by molar-refractivity contribution is 0.0468. The highest BCUT2D eigenvalue weighted by Crippen LogP contribution is 2.19. The molecular formula is C19H32IN3O2. The van der Waals surface area contributed by atoms with Gasteiger partial charge < -0.3 is 20.1 Å². The first-order valence-corrected chi connectivity index (χ1v) is 9.01. The monoisotopic (exact) mass is 461 g/mol. The SMILES string of the molecule is CN=C(NCCOC1CCCCCC1)NCc1cccc(OC)c1.I. The first kappa shape index (κ1) is 22.0. The zero-order valence-corrected chi connectivity index (χ0v) is 17.8. The third kappa shape index (κ3) is 8.76. The molecule has 0 aliphatic heterocycles. The van der Waals surface area contributed by atoms with E-state index in [1.54, 1.807) is 14.2 Å². The number of hydrogen-bond donors (Lipinski definition) is 2. The summed E-state index contributed by atoms with van der Waals surface area (Å²) in [6.45, 7) is 2.21. The molecule has 142 valence electrons. The molecule has 0 unspecified atom stereocenters. The fourth-order valence-corrected chi connectivity index (χ4v) is 2.99. The normalized spacial score (nSPS) is 15.8. The van der Waals surface area contributed by atoms with E-state index in [1.165, 1.54) is 38.5 Å². The Morgan fingerprint density at radius 1 is 1.16 bits per heavy atom. The van der Waals surface area contributed by atoms with E-state index in [0.717, 1.165) is 30.4 Å². The number of rotatable bonds is 7. The quantitative estimate of drug-likeness (QED) is 0.214. The van der Waals surface area contributed by atoms with Gasteiger partial charge in [-0.2, -0.15) is 0 Å². The summed E-state index contributed by atoms with van der Waals surface area (Å²) in [5.74, 6) is 1.66. The van der Waals surface area contributed by atoms with E-state index in [9.17, 15) is 0 Å². The Labute approximate surface area is 169 Å². The number of aliphatic imine (C=N–C) groups is 1. The summed E-state index contributed by atoms with van der Waals surface area (Å²) in [5.41, 5.74) is 1.16. The van der Waals surface area contributed by atoms with Gasteiger partial charge >= 0.3 is 0 Å². The molecule has 25 heavy (non-hydrogen) atoms. The van der Waals surface area contributed by atoms with E-state index >= 15 is 0 Å². The van der Waals surface area contributed by atoms with Crippen LogP contribution in [-0.4, -0.2) is 39.4 Å². The molecule has 1 aromatic rings. The van der Waals surface area contributed by atoms with Gasteiger partial charge in [0.2, 0.25) is 0 Å². The van der Waals surface area contributed by atoms with Crippen molar-refractivity contribution in [1.82, 2.24) is 10.6 Å². The third-order valence-electron chi connectivity index (χ3n) is 4.37. The van der Waals surface area contributed by atoms with E-state index in [0.29, 0.717) is 12.6 Å². The summed E-state index contributed by atoms with van der Waals surface area (Å²) in [6, 6.07) is 8.03. The topological polar surface area (TPSA) is 54.9 Å². The van der Waals surface area contributed by atoms with Crippen molar-refractivity contribution < 1.29 is 9.47 Å². The predicted molar refractivity (Wildman–Crippen MR) is 114 cm³/mol. The highest BCUT2D eigenvalue weighted by molar-refractivity contribution is 14.0. The van der Waals surface area contributed by atoms with E-state index in [1.807, 2.05) is 18.2 Å². The van der Waals surface area contributed by atoms with Gasteiger partial charge in [-0.3, -0.25) is 4.99 Å². The molecule has 2 N–H and O–H groups in total. The third-order valence-corrected chi connectivity index (χ3v) is 4.37. The van der Waals surface area contributed by atoms with Gasteiger partial charge in [0.1, 0.15) is 5.75 Å². The fourth-order valence-electron chi connectivity index (χ4n) is 2.99. The van der Waals surface area contributed by atoms with Gasteiger partial charge in [0.05, 0.1) is 19.8 Å². The van der Waals surface area contributed by atoms with Crippen LogP contribution in [0.5, 0.6) is 5.75 Å². The van der Waals surface area contributed by atoms with Crippen LogP contribution in [0.15, 0.2) is 29.3 Å². The molecule has 0 spiro atoms. The zero-order valence-electron chi connectivity index (χ0n) is 15.4. The number of halogens is 1. The van der Waals surface area contributed by atoms with Gasteiger partial charge in [0, 0.05) is 20.1 Å². The molecule has 6 heteroatoms. The lowest BCUT2D eigenvalue weighted by Gasteiger charge is -2.17. The van der Waals surface area contributed by atoms with Crippen molar-refractivity contribution in [3.8, 4) is 5.75 Å². The lowest BCUT2D eigenvalue weighted by atomic mass is 10.1. The zero-order chi connectivity index (χ0) is 17.0.